The lowest BCUT2D eigenvalue weighted by Gasteiger charge is -2.15. The minimum atomic E-state index is -3.35. The molecule has 21 heavy (non-hydrogen) atoms. The fourth-order valence-corrected chi connectivity index (χ4v) is 5.11. The van der Waals surface area contributed by atoms with E-state index in [1.807, 2.05) is 5.38 Å². The van der Waals surface area contributed by atoms with Crippen molar-refractivity contribution >= 4 is 21.4 Å². The summed E-state index contributed by atoms with van der Waals surface area (Å²) in [7, 11) is -3.35. The van der Waals surface area contributed by atoms with Crippen LogP contribution in [0.15, 0.2) is 15.7 Å². The average Bonchev–Trinajstić information content (AvgIpc) is 2.76. The van der Waals surface area contributed by atoms with E-state index in [4.69, 9.17) is 0 Å². The van der Waals surface area contributed by atoms with Gasteiger partial charge in [0.15, 0.2) is 0 Å². The highest BCUT2D eigenvalue weighted by atomic mass is 32.2. The third-order valence-corrected chi connectivity index (χ3v) is 6.79. The summed E-state index contributed by atoms with van der Waals surface area (Å²) < 4.78 is 28.2. The molecule has 0 radical (unpaired) electrons. The highest BCUT2D eigenvalue weighted by molar-refractivity contribution is 7.91. The molecule has 1 aliphatic rings. The number of nitrogens with one attached hydrogen (secondary N) is 2. The van der Waals surface area contributed by atoms with Gasteiger partial charge >= 0.3 is 0 Å². The predicted octanol–water partition coefficient (Wildman–Crippen LogP) is 3.25. The quantitative estimate of drug-likeness (QED) is 0.787. The zero-order chi connectivity index (χ0) is 15.3. The summed E-state index contributed by atoms with van der Waals surface area (Å²) >= 11 is 1.31. The van der Waals surface area contributed by atoms with Crippen molar-refractivity contribution in [3.63, 3.8) is 0 Å². The van der Waals surface area contributed by atoms with Crippen molar-refractivity contribution in [3.05, 3.63) is 17.0 Å². The monoisotopic (exact) mass is 330 g/mol. The molecule has 120 valence electrons. The van der Waals surface area contributed by atoms with E-state index in [0.29, 0.717) is 16.8 Å². The Balaban J connectivity index is 1.98. The Morgan fingerprint density at radius 3 is 2.52 bits per heavy atom. The maximum Gasteiger partial charge on any atom is 0.250 e. The van der Waals surface area contributed by atoms with E-state index in [9.17, 15) is 8.42 Å². The summed E-state index contributed by atoms with van der Waals surface area (Å²) in [6, 6.07) is 2.30. The molecule has 0 aromatic carbocycles. The molecule has 1 fully saturated rings. The second kappa shape index (κ2) is 7.72. The van der Waals surface area contributed by atoms with Crippen molar-refractivity contribution in [2.45, 2.75) is 75.2 Å². The topological polar surface area (TPSA) is 58.2 Å². The zero-order valence-corrected chi connectivity index (χ0v) is 14.5. The molecule has 4 nitrogen and oxygen atoms in total. The van der Waals surface area contributed by atoms with Gasteiger partial charge in [0.05, 0.1) is 0 Å². The van der Waals surface area contributed by atoms with Gasteiger partial charge in [-0.05, 0) is 29.9 Å². The summed E-state index contributed by atoms with van der Waals surface area (Å²) in [5, 5.41) is 5.24. The van der Waals surface area contributed by atoms with Crippen LogP contribution in [0.25, 0.3) is 0 Å². The third-order valence-electron chi connectivity index (χ3n) is 3.79. The van der Waals surface area contributed by atoms with Crippen LogP contribution in [-0.2, 0) is 16.6 Å². The molecule has 0 amide bonds. The third kappa shape index (κ3) is 5.36. The lowest BCUT2D eigenvalue weighted by molar-refractivity contribution is 0.511. The second-order valence-corrected chi connectivity index (χ2v) is 8.97. The first-order chi connectivity index (χ1) is 9.97. The fraction of sp³-hybridized carbons (Fsp3) is 0.733. The first-order valence-corrected chi connectivity index (χ1v) is 10.2. The van der Waals surface area contributed by atoms with Crippen molar-refractivity contribution in [1.29, 1.82) is 0 Å². The van der Waals surface area contributed by atoms with Crippen LogP contribution >= 0.6 is 11.3 Å². The molecule has 1 aliphatic carbocycles. The molecule has 2 N–H and O–H groups in total. The summed E-state index contributed by atoms with van der Waals surface area (Å²) in [6.45, 7) is 4.88. The first kappa shape index (κ1) is 16.9. The predicted molar refractivity (Wildman–Crippen MR) is 88.1 cm³/mol. The summed E-state index contributed by atoms with van der Waals surface area (Å²) in [5.41, 5.74) is 1.04. The first-order valence-electron chi connectivity index (χ1n) is 7.80. The van der Waals surface area contributed by atoms with E-state index in [2.05, 4.69) is 23.9 Å². The fourth-order valence-electron chi connectivity index (χ4n) is 2.58. The molecule has 0 aliphatic heterocycles. The van der Waals surface area contributed by atoms with E-state index in [0.717, 1.165) is 31.2 Å². The summed E-state index contributed by atoms with van der Waals surface area (Å²) in [6.07, 6.45) is 6.63. The molecule has 0 saturated heterocycles. The maximum absolute atomic E-state index is 12.4. The van der Waals surface area contributed by atoms with Gasteiger partial charge in [-0.1, -0.05) is 39.5 Å². The molecule has 1 aromatic rings. The molecule has 2 rings (SSSR count). The van der Waals surface area contributed by atoms with Crippen molar-refractivity contribution in [1.82, 2.24) is 10.0 Å². The number of hydrogen-bond acceptors (Lipinski definition) is 4. The van der Waals surface area contributed by atoms with Crippen LogP contribution in [0.1, 0.15) is 57.9 Å². The molecule has 6 heteroatoms. The van der Waals surface area contributed by atoms with Gasteiger partial charge in [-0.25, -0.2) is 13.1 Å². The number of hydrogen-bond donors (Lipinski definition) is 2. The van der Waals surface area contributed by atoms with Crippen molar-refractivity contribution < 1.29 is 8.42 Å². The molecule has 1 saturated carbocycles. The standard InChI is InChI=1S/C15H26N2O2S2/c1-12(2)16-10-13-9-15(20-11-13)21(18,19)17-14-7-5-3-4-6-8-14/h9,11-12,14,16-17H,3-8,10H2,1-2H3. The van der Waals surface area contributed by atoms with Gasteiger partial charge < -0.3 is 5.32 Å². The van der Waals surface area contributed by atoms with Crippen LogP contribution in [0.3, 0.4) is 0 Å². The average molecular weight is 331 g/mol. The van der Waals surface area contributed by atoms with E-state index in [-0.39, 0.29) is 6.04 Å². The molecule has 0 spiro atoms. The maximum atomic E-state index is 12.4. The van der Waals surface area contributed by atoms with E-state index in [1.54, 1.807) is 6.07 Å². The van der Waals surface area contributed by atoms with E-state index in [1.165, 1.54) is 24.2 Å². The highest BCUT2D eigenvalue weighted by Gasteiger charge is 2.22. The molecule has 1 heterocycles. The van der Waals surface area contributed by atoms with Gasteiger partial charge in [0.25, 0.3) is 0 Å². The van der Waals surface area contributed by atoms with E-state index >= 15 is 0 Å². The Morgan fingerprint density at radius 2 is 1.90 bits per heavy atom. The Bertz CT molecular complexity index is 530. The number of rotatable bonds is 6. The zero-order valence-electron chi connectivity index (χ0n) is 12.9. The van der Waals surface area contributed by atoms with Crippen LogP contribution in [-0.4, -0.2) is 20.5 Å². The van der Waals surface area contributed by atoms with Gasteiger partial charge in [0.1, 0.15) is 4.21 Å². The van der Waals surface area contributed by atoms with Crippen LogP contribution in [0.2, 0.25) is 0 Å². The van der Waals surface area contributed by atoms with Gasteiger partial charge in [-0.15, -0.1) is 11.3 Å². The number of sulfonamides is 1. The minimum Gasteiger partial charge on any atom is -0.310 e. The Kier molecular flexibility index (Phi) is 6.22. The Labute approximate surface area is 132 Å². The van der Waals surface area contributed by atoms with Gasteiger partial charge in [-0.2, -0.15) is 0 Å². The smallest absolute Gasteiger partial charge is 0.250 e. The molecular weight excluding hydrogens is 304 g/mol. The van der Waals surface area contributed by atoms with Gasteiger partial charge in [0.2, 0.25) is 10.0 Å². The molecule has 0 unspecified atom stereocenters. The van der Waals surface area contributed by atoms with Crippen LogP contribution in [0.5, 0.6) is 0 Å². The summed E-state index contributed by atoms with van der Waals surface area (Å²) in [5.74, 6) is 0. The normalized spacial score (nSPS) is 18.0. The van der Waals surface area contributed by atoms with Crippen LogP contribution in [0.4, 0.5) is 0 Å². The SMILES string of the molecule is CC(C)NCc1csc(S(=O)(=O)NC2CCCCCC2)c1. The van der Waals surface area contributed by atoms with Crippen LogP contribution in [0, 0.1) is 0 Å². The van der Waals surface area contributed by atoms with E-state index < -0.39 is 10.0 Å². The van der Waals surface area contributed by atoms with Crippen molar-refractivity contribution in [2.75, 3.05) is 0 Å². The Hall–Kier alpha value is -0.430. The van der Waals surface area contributed by atoms with Crippen molar-refractivity contribution in [3.8, 4) is 0 Å². The second-order valence-electron chi connectivity index (χ2n) is 6.12. The highest BCUT2D eigenvalue weighted by Crippen LogP contribution is 2.23. The Morgan fingerprint density at radius 1 is 1.24 bits per heavy atom. The largest absolute Gasteiger partial charge is 0.310 e. The van der Waals surface area contributed by atoms with Gasteiger partial charge in [-0.3, -0.25) is 0 Å². The lowest BCUT2D eigenvalue weighted by Crippen LogP contribution is -2.34. The van der Waals surface area contributed by atoms with Gasteiger partial charge in [0, 0.05) is 18.6 Å². The molecule has 1 aromatic heterocycles. The molecular formula is C15H26N2O2S2. The summed E-state index contributed by atoms with van der Waals surface area (Å²) in [4.78, 5) is 0. The molecule has 0 atom stereocenters. The minimum absolute atomic E-state index is 0.108. The molecule has 0 bridgehead atoms. The lowest BCUT2D eigenvalue weighted by atomic mass is 10.1. The van der Waals surface area contributed by atoms with Crippen LogP contribution < -0.4 is 10.0 Å². The number of thiophene rings is 1. The van der Waals surface area contributed by atoms with Crippen molar-refractivity contribution in [2.24, 2.45) is 0 Å².